The molecule has 0 spiro atoms. The molecule has 1 atom stereocenters. The molecule has 3 N–H and O–H groups in total. The van der Waals surface area contributed by atoms with Crippen molar-refractivity contribution in [1.29, 1.82) is 0 Å². The monoisotopic (exact) mass is 209 g/mol. The number of nitrogens with zero attached hydrogens (tertiary/aromatic N) is 1. The fourth-order valence-corrected chi connectivity index (χ4v) is 2.12. The molecule has 0 saturated carbocycles. The van der Waals surface area contributed by atoms with Gasteiger partial charge in [-0.3, -0.25) is 0 Å². The van der Waals surface area contributed by atoms with Crippen molar-refractivity contribution in [2.75, 3.05) is 33.3 Å². The van der Waals surface area contributed by atoms with Crippen LogP contribution in [-0.2, 0) is 14.9 Å². The molecule has 13 heavy (non-hydrogen) atoms. The first-order valence-corrected chi connectivity index (χ1v) is 5.54. The zero-order valence-electron chi connectivity index (χ0n) is 7.56. The van der Waals surface area contributed by atoms with Crippen LogP contribution in [0.15, 0.2) is 0 Å². The molecule has 0 radical (unpaired) electrons. The summed E-state index contributed by atoms with van der Waals surface area (Å²) in [7, 11) is -1.93. The van der Waals surface area contributed by atoms with Crippen LogP contribution in [0.25, 0.3) is 0 Å². The number of hydrogen-bond donors (Lipinski definition) is 2. The van der Waals surface area contributed by atoms with Crippen LogP contribution in [-0.4, -0.2) is 52.1 Å². The highest BCUT2D eigenvalue weighted by molar-refractivity contribution is 7.87. The van der Waals surface area contributed by atoms with Gasteiger partial charge in [-0.25, -0.2) is 4.72 Å². The van der Waals surface area contributed by atoms with E-state index >= 15 is 0 Å². The smallest absolute Gasteiger partial charge is 0.279 e. The molecule has 1 unspecified atom stereocenters. The van der Waals surface area contributed by atoms with Crippen LogP contribution in [0.2, 0.25) is 0 Å². The van der Waals surface area contributed by atoms with Crippen molar-refractivity contribution in [2.45, 2.75) is 6.10 Å². The number of morpholine rings is 1. The van der Waals surface area contributed by atoms with Gasteiger partial charge >= 0.3 is 0 Å². The van der Waals surface area contributed by atoms with E-state index in [1.165, 1.54) is 11.4 Å². The highest BCUT2D eigenvalue weighted by Gasteiger charge is 2.27. The van der Waals surface area contributed by atoms with Gasteiger partial charge in [0.15, 0.2) is 0 Å². The van der Waals surface area contributed by atoms with E-state index in [0.29, 0.717) is 26.2 Å². The molecule has 1 aliphatic rings. The first kappa shape index (κ1) is 10.9. The fourth-order valence-electron chi connectivity index (χ4n) is 1.18. The molecule has 0 aromatic heterocycles. The zero-order valence-corrected chi connectivity index (χ0v) is 8.38. The van der Waals surface area contributed by atoms with Gasteiger partial charge in [-0.2, -0.15) is 12.7 Å². The summed E-state index contributed by atoms with van der Waals surface area (Å²) in [4.78, 5) is 0. The Morgan fingerprint density at radius 3 is 2.92 bits per heavy atom. The zero-order chi connectivity index (χ0) is 9.90. The molecule has 0 bridgehead atoms. The van der Waals surface area contributed by atoms with Gasteiger partial charge in [0.25, 0.3) is 10.2 Å². The second-order valence-corrected chi connectivity index (χ2v) is 4.67. The van der Waals surface area contributed by atoms with E-state index in [1.54, 1.807) is 0 Å². The molecule has 1 fully saturated rings. The van der Waals surface area contributed by atoms with Crippen LogP contribution in [0.5, 0.6) is 0 Å². The molecule has 7 heteroatoms. The van der Waals surface area contributed by atoms with Crippen molar-refractivity contribution >= 4 is 10.2 Å². The largest absolute Gasteiger partial charge is 0.374 e. The Balaban J connectivity index is 2.61. The van der Waals surface area contributed by atoms with Crippen molar-refractivity contribution in [3.05, 3.63) is 0 Å². The summed E-state index contributed by atoms with van der Waals surface area (Å²) in [5, 5.41) is 0. The van der Waals surface area contributed by atoms with Crippen LogP contribution < -0.4 is 10.5 Å². The van der Waals surface area contributed by atoms with Crippen LogP contribution in [0.3, 0.4) is 0 Å². The maximum absolute atomic E-state index is 11.3. The summed E-state index contributed by atoms with van der Waals surface area (Å²) in [6.07, 6.45) is -0.183. The van der Waals surface area contributed by atoms with E-state index in [0.717, 1.165) is 0 Å². The minimum Gasteiger partial charge on any atom is -0.374 e. The van der Waals surface area contributed by atoms with E-state index in [1.807, 2.05) is 0 Å². The van der Waals surface area contributed by atoms with Gasteiger partial charge in [-0.05, 0) is 0 Å². The third-order valence-electron chi connectivity index (χ3n) is 1.96. The molecule has 1 saturated heterocycles. The maximum atomic E-state index is 11.3. The molecule has 78 valence electrons. The fraction of sp³-hybridized carbons (Fsp3) is 1.00. The SMILES string of the molecule is CNS(=O)(=O)N1CCOC(CN)C1. The molecule has 0 aromatic rings. The molecule has 0 amide bonds. The van der Waals surface area contributed by atoms with Gasteiger partial charge in [0.2, 0.25) is 0 Å². The molecular weight excluding hydrogens is 194 g/mol. The molecule has 1 heterocycles. The van der Waals surface area contributed by atoms with Crippen molar-refractivity contribution < 1.29 is 13.2 Å². The highest BCUT2D eigenvalue weighted by atomic mass is 32.2. The number of ether oxygens (including phenoxy) is 1. The Labute approximate surface area is 78.2 Å². The van der Waals surface area contributed by atoms with Crippen molar-refractivity contribution in [1.82, 2.24) is 9.03 Å². The quantitative estimate of drug-likeness (QED) is 0.569. The van der Waals surface area contributed by atoms with Crippen molar-refractivity contribution in [3.8, 4) is 0 Å². The number of nitrogens with two attached hydrogens (primary N) is 1. The normalized spacial score (nSPS) is 26.2. The lowest BCUT2D eigenvalue weighted by atomic mass is 10.3. The van der Waals surface area contributed by atoms with Crippen LogP contribution in [0.1, 0.15) is 0 Å². The third kappa shape index (κ3) is 2.61. The second kappa shape index (κ2) is 4.34. The first-order chi connectivity index (χ1) is 6.10. The highest BCUT2D eigenvalue weighted by Crippen LogP contribution is 2.07. The summed E-state index contributed by atoms with van der Waals surface area (Å²) in [6, 6.07) is 0. The predicted molar refractivity (Wildman–Crippen MR) is 48.3 cm³/mol. The van der Waals surface area contributed by atoms with Gasteiger partial charge in [0, 0.05) is 26.7 Å². The Bertz CT molecular complexity index is 254. The van der Waals surface area contributed by atoms with E-state index < -0.39 is 10.2 Å². The molecule has 1 aliphatic heterocycles. The summed E-state index contributed by atoms with van der Waals surface area (Å²) >= 11 is 0. The lowest BCUT2D eigenvalue weighted by molar-refractivity contribution is 0.00421. The van der Waals surface area contributed by atoms with E-state index in [2.05, 4.69) is 4.72 Å². The van der Waals surface area contributed by atoms with Gasteiger partial charge < -0.3 is 10.5 Å². The van der Waals surface area contributed by atoms with Crippen LogP contribution >= 0.6 is 0 Å². The summed E-state index contributed by atoms with van der Waals surface area (Å²) < 4.78 is 31.5. The lowest BCUT2D eigenvalue weighted by Gasteiger charge is -2.30. The third-order valence-corrected chi connectivity index (χ3v) is 3.49. The van der Waals surface area contributed by atoms with Crippen molar-refractivity contribution in [2.24, 2.45) is 5.73 Å². The average molecular weight is 209 g/mol. The van der Waals surface area contributed by atoms with E-state index in [9.17, 15) is 8.42 Å². The minimum atomic E-state index is -3.32. The van der Waals surface area contributed by atoms with Crippen LogP contribution in [0.4, 0.5) is 0 Å². The lowest BCUT2D eigenvalue weighted by Crippen LogP contribution is -2.50. The summed E-state index contributed by atoms with van der Waals surface area (Å²) in [6.45, 7) is 1.47. The predicted octanol–water partition coefficient (Wildman–Crippen LogP) is -1.89. The number of nitrogens with one attached hydrogen (secondary N) is 1. The Hall–Kier alpha value is -0.210. The first-order valence-electron chi connectivity index (χ1n) is 4.10. The van der Waals surface area contributed by atoms with Gasteiger partial charge in [0.1, 0.15) is 0 Å². The van der Waals surface area contributed by atoms with Crippen molar-refractivity contribution in [3.63, 3.8) is 0 Å². The maximum Gasteiger partial charge on any atom is 0.279 e. The van der Waals surface area contributed by atoms with Gasteiger partial charge in [-0.15, -0.1) is 0 Å². The van der Waals surface area contributed by atoms with E-state index in [-0.39, 0.29) is 6.10 Å². The number of hydrogen-bond acceptors (Lipinski definition) is 4. The Morgan fingerprint density at radius 2 is 2.38 bits per heavy atom. The standard InChI is InChI=1S/C6H15N3O3S/c1-8-13(10,11)9-2-3-12-6(4-7)5-9/h6,8H,2-5,7H2,1H3. The Kier molecular flexibility index (Phi) is 3.63. The topological polar surface area (TPSA) is 84.7 Å². The van der Waals surface area contributed by atoms with Gasteiger partial charge in [0.05, 0.1) is 12.7 Å². The molecule has 1 rings (SSSR count). The average Bonchev–Trinajstić information content (AvgIpc) is 2.18. The molecular formula is C6H15N3O3S. The molecule has 0 aliphatic carbocycles. The molecule has 0 aromatic carbocycles. The van der Waals surface area contributed by atoms with Gasteiger partial charge in [-0.1, -0.05) is 0 Å². The second-order valence-electron chi connectivity index (χ2n) is 2.80. The number of rotatable bonds is 3. The summed E-state index contributed by atoms with van der Waals surface area (Å²) in [5.74, 6) is 0. The molecule has 6 nitrogen and oxygen atoms in total. The minimum absolute atomic E-state index is 0.183. The summed E-state index contributed by atoms with van der Waals surface area (Å²) in [5.41, 5.74) is 5.38. The van der Waals surface area contributed by atoms with Crippen LogP contribution in [0, 0.1) is 0 Å². The Morgan fingerprint density at radius 1 is 1.69 bits per heavy atom. The van der Waals surface area contributed by atoms with E-state index in [4.69, 9.17) is 10.5 Å².